The molecule has 2 fully saturated rings. The van der Waals surface area contributed by atoms with Crippen molar-refractivity contribution in [2.75, 3.05) is 64.3 Å². The number of morpholine rings is 1. The Labute approximate surface area is 441 Å². The standard InChI is InChI=1S/C54H75IN6O12/c1-10-36-15-24-71-53(9)51(68)41-39-40(47(66)35(8)50(41)73-53)48(67)44(43-42(39)58-54(59-43)16-20-61(21-17-54)28-31(4)55)57-52(69)30(3)14-11-13-29(2)45(64)33(6)46(65)34(7)49(32(36)5)72-38(63)27-37(62)56-18-12-19-60-22-25-70-26-23-60/h11,13-15,24,29,31-34,36,45-46,49,58,64-67H,10,12,16-23,25-28H2,1-9H3,(H,56,62)/b13-11+,24-15+,30-14-,57-44?/t29-,31?,32+,33+,34+,36-,45-,46+,49+,53-/m0/s1. The molecule has 400 valence electrons. The van der Waals surface area contributed by atoms with Crippen LogP contribution in [-0.4, -0.2) is 147 Å². The lowest BCUT2D eigenvalue weighted by Gasteiger charge is -2.38. The van der Waals surface area contributed by atoms with Crippen LogP contribution >= 0.6 is 22.6 Å². The third-order valence-electron chi connectivity index (χ3n) is 15.6. The molecule has 6 aliphatic heterocycles. The molecule has 0 radical (unpaired) electrons. The van der Waals surface area contributed by atoms with E-state index in [0.717, 1.165) is 26.2 Å². The fraction of sp³-hybridized carbons (Fsp3) is 0.630. The number of phenols is 2. The number of allylic oxidation sites excluding steroid dienone is 3. The van der Waals surface area contributed by atoms with Crippen molar-refractivity contribution in [1.82, 2.24) is 15.1 Å². The van der Waals surface area contributed by atoms with Crippen LogP contribution in [0.5, 0.6) is 17.2 Å². The smallest absolute Gasteiger partial charge is 0.315 e. The summed E-state index contributed by atoms with van der Waals surface area (Å²) in [5.74, 6) is -8.23. The lowest BCUT2D eigenvalue weighted by Crippen LogP contribution is -2.47. The van der Waals surface area contributed by atoms with Crippen LogP contribution in [0.25, 0.3) is 10.8 Å². The minimum absolute atomic E-state index is 0.0546. The minimum atomic E-state index is -1.96. The molecule has 19 heteroatoms. The Morgan fingerprint density at radius 2 is 1.66 bits per heavy atom. The monoisotopic (exact) mass is 1130 g/mol. The summed E-state index contributed by atoms with van der Waals surface area (Å²) < 4.78 is 24.6. The van der Waals surface area contributed by atoms with Crippen LogP contribution in [0.3, 0.4) is 0 Å². The summed E-state index contributed by atoms with van der Waals surface area (Å²) >= 11 is 2.40. The Kier molecular flexibility index (Phi) is 18.0. The topological polar surface area (TPSA) is 241 Å². The summed E-state index contributed by atoms with van der Waals surface area (Å²) in [7, 11) is 0. The van der Waals surface area contributed by atoms with Gasteiger partial charge >= 0.3 is 11.8 Å². The number of phenolic OH excluding ortho intramolecular Hbond substituents is 2. The number of halogens is 1. The van der Waals surface area contributed by atoms with Crippen molar-refractivity contribution in [2.45, 2.75) is 128 Å². The van der Waals surface area contributed by atoms with E-state index < -0.39 is 89.2 Å². The van der Waals surface area contributed by atoms with Crippen molar-refractivity contribution in [3.05, 3.63) is 58.0 Å². The van der Waals surface area contributed by atoms with E-state index in [1.807, 2.05) is 13.8 Å². The average molecular weight is 1130 g/mol. The quantitative estimate of drug-likeness (QED) is 0.0451. The van der Waals surface area contributed by atoms with Gasteiger partial charge < -0.3 is 54.9 Å². The summed E-state index contributed by atoms with van der Waals surface area (Å²) in [4.78, 5) is 69.9. The number of aromatic hydroxyl groups is 2. The molecule has 10 atom stereocenters. The van der Waals surface area contributed by atoms with Crippen molar-refractivity contribution < 1.29 is 58.6 Å². The van der Waals surface area contributed by atoms with E-state index >= 15 is 0 Å². The molecule has 6 heterocycles. The van der Waals surface area contributed by atoms with Crippen LogP contribution in [0.15, 0.2) is 46.1 Å². The highest BCUT2D eigenvalue weighted by atomic mass is 127. The number of carbonyl (C=O) groups is 4. The largest absolute Gasteiger partial charge is 0.507 e. The number of benzene rings is 2. The molecule has 5 bridgehead atoms. The van der Waals surface area contributed by atoms with Gasteiger partial charge in [-0.05, 0) is 51.1 Å². The molecule has 8 rings (SSSR count). The summed E-state index contributed by atoms with van der Waals surface area (Å²) in [6.07, 6.45) is 6.55. The van der Waals surface area contributed by atoms with Crippen molar-refractivity contribution in [3.63, 3.8) is 0 Å². The van der Waals surface area contributed by atoms with Crippen molar-refractivity contribution >= 4 is 62.6 Å². The Morgan fingerprint density at radius 3 is 2.33 bits per heavy atom. The number of piperidine rings is 1. The molecule has 0 aliphatic carbocycles. The van der Waals surface area contributed by atoms with Crippen molar-refractivity contribution in [1.29, 1.82) is 0 Å². The number of amides is 2. The van der Waals surface area contributed by atoms with Crippen LogP contribution in [0, 0.1) is 36.5 Å². The number of likely N-dealkylation sites (tertiary alicyclic amines) is 1. The highest BCUT2D eigenvalue weighted by molar-refractivity contribution is 14.1. The number of esters is 1. The first-order valence-corrected chi connectivity index (χ1v) is 27.1. The number of aliphatic hydroxyl groups is 2. The van der Waals surface area contributed by atoms with Gasteiger partial charge in [-0.15, -0.1) is 0 Å². The molecule has 1 unspecified atom stereocenters. The van der Waals surface area contributed by atoms with Gasteiger partial charge in [0.15, 0.2) is 5.75 Å². The molecule has 18 nitrogen and oxygen atoms in total. The van der Waals surface area contributed by atoms with E-state index in [2.05, 4.69) is 54.9 Å². The number of carbonyl (C=O) groups excluding carboxylic acids is 4. The number of nitrogens with zero attached hydrogens (tertiary/aromatic N) is 4. The Balaban J connectivity index is 1.26. The van der Waals surface area contributed by atoms with Crippen LogP contribution in [0.4, 0.5) is 5.69 Å². The number of alkyl halides is 1. The van der Waals surface area contributed by atoms with Gasteiger partial charge in [-0.1, -0.05) is 82.4 Å². The maximum atomic E-state index is 15.0. The van der Waals surface area contributed by atoms with E-state index in [4.69, 9.17) is 23.9 Å². The first-order valence-electron chi connectivity index (χ1n) is 25.9. The van der Waals surface area contributed by atoms with E-state index in [0.29, 0.717) is 68.1 Å². The normalized spacial score (nSPS) is 31.0. The highest BCUT2D eigenvalue weighted by Crippen LogP contribution is 2.51. The number of ketones is 1. The van der Waals surface area contributed by atoms with Crippen LogP contribution in [0.1, 0.15) is 103 Å². The molecule has 6 aliphatic rings. The molecule has 73 heavy (non-hydrogen) atoms. The molecular formula is C54H75IN6O12. The molecule has 2 aromatic rings. The molecule has 0 saturated carbocycles. The predicted molar refractivity (Wildman–Crippen MR) is 283 cm³/mol. The third-order valence-corrected chi connectivity index (χ3v) is 16.0. The molecule has 0 aromatic heterocycles. The van der Waals surface area contributed by atoms with Crippen LogP contribution in [-0.2, 0) is 28.6 Å². The van der Waals surface area contributed by atoms with E-state index in [1.165, 1.54) is 19.3 Å². The molecule has 1 spiro atoms. The second-order valence-electron chi connectivity index (χ2n) is 21.0. The number of fused-ring (bicyclic) bond motifs is 13. The van der Waals surface area contributed by atoms with Crippen molar-refractivity contribution in [2.24, 2.45) is 39.6 Å². The average Bonchev–Trinajstić information content (AvgIpc) is 3.86. The van der Waals surface area contributed by atoms with E-state index in [9.17, 15) is 39.6 Å². The predicted octanol–water partition coefficient (Wildman–Crippen LogP) is 5.14. The number of Topliss-reactive ketones (excluding diaryl/α,β-unsaturated/α-hetero) is 1. The number of ether oxygens (including phenoxy) is 4. The molecule has 2 aromatic carbocycles. The zero-order chi connectivity index (χ0) is 53.1. The van der Waals surface area contributed by atoms with E-state index in [-0.39, 0.29) is 55.6 Å². The second-order valence-corrected chi connectivity index (χ2v) is 23.1. The number of anilines is 1. The van der Waals surface area contributed by atoms with Gasteiger partial charge in [-0.2, -0.15) is 0 Å². The molecule has 6 N–H and O–H groups in total. The Hall–Kier alpha value is -4.67. The number of nitrogens with one attached hydrogen (secondary N) is 2. The van der Waals surface area contributed by atoms with Gasteiger partial charge in [0, 0.05) is 97.2 Å². The van der Waals surface area contributed by atoms with Gasteiger partial charge in [-0.25, -0.2) is 4.99 Å². The number of rotatable bonds is 10. The zero-order valence-electron chi connectivity index (χ0n) is 43.7. The number of aliphatic hydroxyl groups excluding tert-OH is 2. The van der Waals surface area contributed by atoms with Crippen LogP contribution in [0.2, 0.25) is 0 Å². The van der Waals surface area contributed by atoms with Crippen LogP contribution < -0.4 is 26.1 Å². The first kappa shape index (κ1) is 56.1. The fourth-order valence-electron chi connectivity index (χ4n) is 10.9. The first-order chi connectivity index (χ1) is 34.6. The zero-order valence-corrected chi connectivity index (χ0v) is 45.9. The van der Waals surface area contributed by atoms with Gasteiger partial charge in [0.25, 0.3) is 11.7 Å². The maximum absolute atomic E-state index is 15.0. The highest BCUT2D eigenvalue weighted by Gasteiger charge is 2.51. The lowest BCUT2D eigenvalue weighted by molar-refractivity contribution is -0.162. The van der Waals surface area contributed by atoms with E-state index in [1.54, 1.807) is 52.8 Å². The van der Waals surface area contributed by atoms with Gasteiger partial charge in [0.05, 0.1) is 48.3 Å². The van der Waals surface area contributed by atoms with Gasteiger partial charge in [-0.3, -0.25) is 29.1 Å². The van der Waals surface area contributed by atoms with Gasteiger partial charge in [0.2, 0.25) is 5.91 Å². The molecule has 2 amide bonds. The third kappa shape index (κ3) is 12.1. The second kappa shape index (κ2) is 23.5. The lowest BCUT2D eigenvalue weighted by atomic mass is 9.76. The minimum Gasteiger partial charge on any atom is -0.507 e. The summed E-state index contributed by atoms with van der Waals surface area (Å²) in [6.45, 7) is 22.3. The SMILES string of the molecule is CC[C@H]1/C=C/O[C@@]2(C)Oc3c(C)c(O)c4c(O)c(c5c(c4c3C2=O)NC2(CCN(CC(C)I)CC2)N=5)=NC(=O)/C(C)=C\C=C\[C@H](C)[C@H](O)[C@@H](C)[C@@H](O)[C@@H](C)[C@H](OC(=O)CC(=O)NCCCN2CCOCC2)[C@@H]1C. The molecule has 2 saturated heterocycles. The fourth-order valence-corrected chi connectivity index (χ4v) is 11.5. The Bertz CT molecular complexity index is 2640. The number of hydrogen-bond donors (Lipinski definition) is 6. The van der Waals surface area contributed by atoms with Gasteiger partial charge in [0.1, 0.15) is 40.4 Å². The summed E-state index contributed by atoms with van der Waals surface area (Å²) in [5.41, 5.74) is -0.150. The van der Waals surface area contributed by atoms with Crippen molar-refractivity contribution in [3.8, 4) is 17.2 Å². The maximum Gasteiger partial charge on any atom is 0.315 e. The summed E-state index contributed by atoms with van der Waals surface area (Å²) in [6, 6.07) is 0. The summed E-state index contributed by atoms with van der Waals surface area (Å²) in [5, 5.41) is 54.3. The molecular weight excluding hydrogens is 1050 g/mol. The Morgan fingerprint density at radius 1 is 0.959 bits per heavy atom. The number of hydrogen-bond acceptors (Lipinski definition) is 16.